The molecule has 1 aliphatic rings. The van der Waals surface area contributed by atoms with Crippen molar-refractivity contribution in [2.24, 2.45) is 11.8 Å². The number of methoxy groups -OCH3 is 1. The van der Waals surface area contributed by atoms with E-state index in [4.69, 9.17) is 4.74 Å². The Kier molecular flexibility index (Phi) is 10.3. The predicted molar refractivity (Wildman–Crippen MR) is 134 cm³/mol. The summed E-state index contributed by atoms with van der Waals surface area (Å²) in [7, 11) is 1.60. The number of thioether (sulfide) groups is 1. The number of aliphatic carboxylic acids is 1. The van der Waals surface area contributed by atoms with Crippen LogP contribution in [0.2, 0.25) is 0 Å². The molecule has 1 fully saturated rings. The molecule has 1 aliphatic heterocycles. The van der Waals surface area contributed by atoms with Crippen molar-refractivity contribution < 1.29 is 19.0 Å². The average Bonchev–Trinajstić information content (AvgIpc) is 2.82. The quantitative estimate of drug-likeness (QED) is 0.359. The van der Waals surface area contributed by atoms with Crippen LogP contribution in [0.1, 0.15) is 57.2 Å². The molecule has 0 unspecified atom stereocenters. The summed E-state index contributed by atoms with van der Waals surface area (Å²) in [5, 5.41) is 10.2. The van der Waals surface area contributed by atoms with Gasteiger partial charge in [0.2, 0.25) is 0 Å². The first kappa shape index (κ1) is 25.8. The number of unbranched alkanes of at least 4 members (excludes halogenated alkanes) is 1. The van der Waals surface area contributed by atoms with E-state index in [0.29, 0.717) is 24.2 Å². The number of likely N-dealkylation sites (tertiary alicyclic amines) is 1. The number of piperidine rings is 1. The zero-order chi connectivity index (χ0) is 23.6. The van der Waals surface area contributed by atoms with Crippen molar-refractivity contribution in [2.75, 3.05) is 38.2 Å². The van der Waals surface area contributed by atoms with Gasteiger partial charge in [0, 0.05) is 36.8 Å². The van der Waals surface area contributed by atoms with E-state index in [2.05, 4.69) is 16.8 Å². The molecular formula is C26H37FN2O3S. The number of fused-ring (bicyclic) bond motifs is 1. The fourth-order valence-electron chi connectivity index (χ4n) is 4.80. The zero-order valence-electron chi connectivity index (χ0n) is 19.8. The Morgan fingerprint density at radius 1 is 1.33 bits per heavy atom. The molecule has 0 amide bonds. The first-order valence-electron chi connectivity index (χ1n) is 12.1. The van der Waals surface area contributed by atoms with E-state index < -0.39 is 12.1 Å². The molecule has 182 valence electrons. The van der Waals surface area contributed by atoms with Gasteiger partial charge in [0.05, 0.1) is 12.6 Å². The van der Waals surface area contributed by atoms with Crippen LogP contribution in [0.3, 0.4) is 0 Å². The first-order chi connectivity index (χ1) is 16.0. The van der Waals surface area contributed by atoms with Gasteiger partial charge in [-0.1, -0.05) is 13.3 Å². The highest BCUT2D eigenvalue weighted by atomic mass is 32.2. The number of carbonyl (C=O) groups is 1. The van der Waals surface area contributed by atoms with Crippen LogP contribution in [-0.2, 0) is 4.79 Å². The van der Waals surface area contributed by atoms with Gasteiger partial charge in [0.25, 0.3) is 0 Å². The summed E-state index contributed by atoms with van der Waals surface area (Å²) in [6, 6.07) is 7.27. The lowest BCUT2D eigenvalue weighted by molar-refractivity contribution is -0.139. The third-order valence-corrected chi connectivity index (χ3v) is 7.77. The number of aromatic nitrogens is 1. The molecule has 0 radical (unpaired) electrons. The van der Waals surface area contributed by atoms with Gasteiger partial charge in [0.1, 0.15) is 11.9 Å². The topological polar surface area (TPSA) is 62.7 Å². The number of benzene rings is 1. The van der Waals surface area contributed by atoms with Gasteiger partial charge in [-0.05, 0) is 79.6 Å². The van der Waals surface area contributed by atoms with Crippen LogP contribution in [0.25, 0.3) is 10.9 Å². The van der Waals surface area contributed by atoms with Crippen molar-refractivity contribution in [3.05, 3.63) is 36.0 Å². The second-order valence-electron chi connectivity index (χ2n) is 9.00. The molecule has 0 saturated carbocycles. The first-order valence-corrected chi connectivity index (χ1v) is 13.3. The van der Waals surface area contributed by atoms with Crippen molar-refractivity contribution >= 4 is 28.6 Å². The third kappa shape index (κ3) is 7.57. The standard InChI is InChI=1S/C26H37FN2O3S/c1-3-4-14-33-15-13-29-12-10-19(20(18-29)16-26(30)31)5-7-24(27)22-9-11-28-25-8-6-21(32-2)17-23(22)25/h6,8-9,11,17,19-20,24H,3-5,7,10,12-16,18H2,1-2H3,(H,30,31)/t19-,20+,24+/m1/s1. The lowest BCUT2D eigenvalue weighted by atomic mass is 9.79. The van der Waals surface area contributed by atoms with Gasteiger partial charge in [-0.3, -0.25) is 9.78 Å². The summed E-state index contributed by atoms with van der Waals surface area (Å²) >= 11 is 1.98. The molecule has 1 saturated heterocycles. The van der Waals surface area contributed by atoms with Crippen molar-refractivity contribution in [3.63, 3.8) is 0 Å². The minimum atomic E-state index is -1.11. The molecule has 1 aromatic heterocycles. The van der Waals surface area contributed by atoms with E-state index in [0.717, 1.165) is 42.7 Å². The number of hydrogen-bond donors (Lipinski definition) is 1. The summed E-state index contributed by atoms with van der Waals surface area (Å²) in [6.45, 7) is 4.99. The monoisotopic (exact) mass is 476 g/mol. The normalized spacial score (nSPS) is 20.1. The number of alkyl halides is 1. The second kappa shape index (κ2) is 13.1. The van der Waals surface area contributed by atoms with Gasteiger partial charge in [0.15, 0.2) is 0 Å². The number of carboxylic acid groups (broad SMARTS) is 1. The van der Waals surface area contributed by atoms with E-state index >= 15 is 4.39 Å². The predicted octanol–water partition coefficient (Wildman–Crippen LogP) is 5.98. The molecule has 5 nitrogen and oxygen atoms in total. The minimum absolute atomic E-state index is 0.0818. The van der Waals surface area contributed by atoms with Crippen LogP contribution >= 0.6 is 11.8 Å². The Morgan fingerprint density at radius 2 is 2.18 bits per heavy atom. The van der Waals surface area contributed by atoms with Gasteiger partial charge in [-0.2, -0.15) is 11.8 Å². The molecule has 2 heterocycles. The molecule has 7 heteroatoms. The molecule has 2 aromatic rings. The summed E-state index contributed by atoms with van der Waals surface area (Å²) in [5.74, 6) is 2.54. The van der Waals surface area contributed by atoms with E-state index in [-0.39, 0.29) is 18.3 Å². The van der Waals surface area contributed by atoms with Gasteiger partial charge < -0.3 is 14.7 Å². The second-order valence-corrected chi connectivity index (χ2v) is 10.2. The molecule has 3 rings (SSSR count). The highest BCUT2D eigenvalue weighted by Crippen LogP contribution is 2.36. The number of ether oxygens (including phenoxy) is 1. The maximum Gasteiger partial charge on any atom is 0.303 e. The van der Waals surface area contributed by atoms with E-state index in [1.807, 2.05) is 30.0 Å². The van der Waals surface area contributed by atoms with Gasteiger partial charge >= 0.3 is 5.97 Å². The Hall–Kier alpha value is -1.86. The average molecular weight is 477 g/mol. The summed E-state index contributed by atoms with van der Waals surface area (Å²) in [5.41, 5.74) is 1.39. The largest absolute Gasteiger partial charge is 0.497 e. The lowest BCUT2D eigenvalue weighted by Crippen LogP contribution is -2.42. The number of carboxylic acids is 1. The fraction of sp³-hybridized carbons (Fsp3) is 0.615. The third-order valence-electron chi connectivity index (χ3n) is 6.72. The zero-order valence-corrected chi connectivity index (χ0v) is 20.7. The minimum Gasteiger partial charge on any atom is -0.497 e. The lowest BCUT2D eigenvalue weighted by Gasteiger charge is -2.38. The van der Waals surface area contributed by atoms with Crippen molar-refractivity contribution in [3.8, 4) is 5.75 Å². The van der Waals surface area contributed by atoms with Crippen LogP contribution in [0.4, 0.5) is 4.39 Å². The Morgan fingerprint density at radius 3 is 2.94 bits per heavy atom. The van der Waals surface area contributed by atoms with Crippen molar-refractivity contribution in [2.45, 2.75) is 51.6 Å². The van der Waals surface area contributed by atoms with Crippen LogP contribution in [0, 0.1) is 11.8 Å². The Balaban J connectivity index is 1.59. The maximum absolute atomic E-state index is 15.4. The molecule has 0 spiro atoms. The van der Waals surface area contributed by atoms with Gasteiger partial charge in [-0.25, -0.2) is 4.39 Å². The van der Waals surface area contributed by atoms with Crippen LogP contribution in [-0.4, -0.2) is 59.2 Å². The summed E-state index contributed by atoms with van der Waals surface area (Å²) in [6.07, 6.45) is 5.21. The molecule has 0 aliphatic carbocycles. The van der Waals surface area contributed by atoms with Crippen molar-refractivity contribution in [1.82, 2.24) is 9.88 Å². The number of halogens is 1. The molecular weight excluding hydrogens is 439 g/mol. The molecule has 3 atom stereocenters. The van der Waals surface area contributed by atoms with Gasteiger partial charge in [-0.15, -0.1) is 0 Å². The molecule has 1 N–H and O–H groups in total. The van der Waals surface area contributed by atoms with Crippen LogP contribution < -0.4 is 4.74 Å². The molecule has 1 aromatic carbocycles. The highest BCUT2D eigenvalue weighted by molar-refractivity contribution is 7.99. The van der Waals surface area contributed by atoms with Crippen LogP contribution in [0.15, 0.2) is 30.5 Å². The number of pyridine rings is 1. The number of hydrogen-bond acceptors (Lipinski definition) is 5. The van der Waals surface area contributed by atoms with E-state index in [1.165, 1.54) is 18.6 Å². The smallest absolute Gasteiger partial charge is 0.303 e. The fourth-order valence-corrected chi connectivity index (χ4v) is 5.88. The van der Waals surface area contributed by atoms with Crippen LogP contribution in [0.5, 0.6) is 5.75 Å². The maximum atomic E-state index is 15.4. The number of nitrogens with zero attached hydrogens (tertiary/aromatic N) is 2. The molecule has 33 heavy (non-hydrogen) atoms. The highest BCUT2D eigenvalue weighted by Gasteiger charge is 2.31. The summed E-state index contributed by atoms with van der Waals surface area (Å²) in [4.78, 5) is 18.3. The van der Waals surface area contributed by atoms with E-state index in [1.54, 1.807) is 19.4 Å². The molecule has 0 bridgehead atoms. The number of rotatable bonds is 13. The SMILES string of the molecule is CCCCSCCN1CC[C@@H](CC[C@H](F)c2ccnc3ccc(OC)cc23)[C@@H](CC(=O)O)C1. The Bertz CT molecular complexity index is 897. The van der Waals surface area contributed by atoms with E-state index in [9.17, 15) is 9.90 Å². The van der Waals surface area contributed by atoms with Crippen molar-refractivity contribution in [1.29, 1.82) is 0 Å². The summed E-state index contributed by atoms with van der Waals surface area (Å²) < 4.78 is 20.7. The Labute approximate surface area is 201 Å².